The third-order valence-corrected chi connectivity index (χ3v) is 2.84. The fourth-order valence-electron chi connectivity index (χ4n) is 1.41. The minimum Gasteiger partial charge on any atom is -0.456 e. The molecule has 1 heterocycles. The molecule has 0 saturated heterocycles. The summed E-state index contributed by atoms with van der Waals surface area (Å²) >= 11 is 3.25. The van der Waals surface area contributed by atoms with Gasteiger partial charge in [-0.3, -0.25) is 4.98 Å². The Morgan fingerprint density at radius 1 is 1.37 bits per heavy atom. The highest BCUT2D eigenvalue weighted by atomic mass is 79.9. The molecule has 0 unspecified atom stereocenters. The van der Waals surface area contributed by atoms with E-state index in [2.05, 4.69) is 20.9 Å². The summed E-state index contributed by atoms with van der Waals surface area (Å²) < 4.78 is 18.9. The zero-order valence-corrected chi connectivity index (χ0v) is 11.4. The lowest BCUT2D eigenvalue weighted by atomic mass is 10.2. The molecular weight excluding hydrogens is 315 g/mol. The van der Waals surface area contributed by atoms with Crippen LogP contribution in [0.25, 0.3) is 0 Å². The highest BCUT2D eigenvalue weighted by Crippen LogP contribution is 2.15. The SMILES string of the molecule is Nc1ccc(F)cc1C(=O)OCc1ccc(Br)cn1. The molecule has 1 aromatic heterocycles. The van der Waals surface area contributed by atoms with Crippen molar-refractivity contribution in [3.63, 3.8) is 0 Å². The van der Waals surface area contributed by atoms with E-state index in [9.17, 15) is 9.18 Å². The number of nitrogens with zero attached hydrogens (tertiary/aromatic N) is 1. The van der Waals surface area contributed by atoms with Gasteiger partial charge in [-0.1, -0.05) is 0 Å². The summed E-state index contributed by atoms with van der Waals surface area (Å²) in [5.74, 6) is -1.22. The number of pyridine rings is 1. The summed E-state index contributed by atoms with van der Waals surface area (Å²) in [5.41, 5.74) is 6.37. The molecular formula is C13H10BrFN2O2. The lowest BCUT2D eigenvalue weighted by Crippen LogP contribution is -2.09. The van der Waals surface area contributed by atoms with Gasteiger partial charge in [0.05, 0.1) is 11.3 Å². The Balaban J connectivity index is 2.05. The quantitative estimate of drug-likeness (QED) is 0.696. The number of hydrogen-bond donors (Lipinski definition) is 1. The number of nitrogen functional groups attached to an aromatic ring is 1. The number of ether oxygens (including phenoxy) is 1. The third kappa shape index (κ3) is 3.51. The molecule has 4 nitrogen and oxygen atoms in total. The Labute approximate surface area is 117 Å². The van der Waals surface area contributed by atoms with Gasteiger partial charge in [-0.25, -0.2) is 9.18 Å². The Kier molecular flexibility index (Phi) is 4.11. The van der Waals surface area contributed by atoms with Crippen molar-refractivity contribution in [2.75, 3.05) is 5.73 Å². The number of hydrogen-bond acceptors (Lipinski definition) is 4. The van der Waals surface area contributed by atoms with Crippen molar-refractivity contribution >= 4 is 27.6 Å². The Hall–Kier alpha value is -1.95. The van der Waals surface area contributed by atoms with Gasteiger partial charge in [0.15, 0.2) is 0 Å². The molecule has 0 aliphatic carbocycles. The first kappa shape index (κ1) is 13.5. The van der Waals surface area contributed by atoms with E-state index < -0.39 is 11.8 Å². The van der Waals surface area contributed by atoms with Gasteiger partial charge in [0.2, 0.25) is 0 Å². The summed E-state index contributed by atoms with van der Waals surface area (Å²) in [6, 6.07) is 7.05. The number of anilines is 1. The summed E-state index contributed by atoms with van der Waals surface area (Å²) in [4.78, 5) is 15.8. The van der Waals surface area contributed by atoms with Gasteiger partial charge in [-0.05, 0) is 46.3 Å². The van der Waals surface area contributed by atoms with E-state index in [1.54, 1.807) is 18.3 Å². The molecule has 1 aromatic carbocycles. The van der Waals surface area contributed by atoms with Gasteiger partial charge in [0, 0.05) is 16.4 Å². The van der Waals surface area contributed by atoms with Crippen molar-refractivity contribution in [1.82, 2.24) is 4.98 Å². The first-order valence-corrected chi connectivity index (χ1v) is 6.18. The van der Waals surface area contributed by atoms with Crippen LogP contribution in [-0.4, -0.2) is 11.0 Å². The molecule has 0 aliphatic rings. The van der Waals surface area contributed by atoms with Crippen molar-refractivity contribution in [1.29, 1.82) is 0 Å². The van der Waals surface area contributed by atoms with Crippen molar-refractivity contribution < 1.29 is 13.9 Å². The highest BCUT2D eigenvalue weighted by molar-refractivity contribution is 9.10. The fourth-order valence-corrected chi connectivity index (χ4v) is 1.65. The largest absolute Gasteiger partial charge is 0.456 e. The van der Waals surface area contributed by atoms with E-state index in [0.29, 0.717) is 5.69 Å². The summed E-state index contributed by atoms with van der Waals surface area (Å²) in [7, 11) is 0. The number of rotatable bonds is 3. The first-order chi connectivity index (χ1) is 9.06. The smallest absolute Gasteiger partial charge is 0.340 e. The number of carbonyl (C=O) groups excluding carboxylic acids is 1. The van der Waals surface area contributed by atoms with Crippen molar-refractivity contribution in [3.8, 4) is 0 Å². The Bertz CT molecular complexity index is 602. The predicted molar refractivity (Wildman–Crippen MR) is 71.9 cm³/mol. The summed E-state index contributed by atoms with van der Waals surface area (Å²) in [6.07, 6.45) is 1.60. The summed E-state index contributed by atoms with van der Waals surface area (Å²) in [6.45, 7) is 0.00205. The van der Waals surface area contributed by atoms with Gasteiger partial charge in [0.1, 0.15) is 12.4 Å². The van der Waals surface area contributed by atoms with Crippen LogP contribution in [0.15, 0.2) is 41.0 Å². The number of nitrogens with two attached hydrogens (primary N) is 1. The lowest BCUT2D eigenvalue weighted by Gasteiger charge is -2.06. The topological polar surface area (TPSA) is 65.2 Å². The van der Waals surface area contributed by atoms with E-state index >= 15 is 0 Å². The second kappa shape index (κ2) is 5.79. The number of carbonyl (C=O) groups is 1. The van der Waals surface area contributed by atoms with Crippen LogP contribution in [0.4, 0.5) is 10.1 Å². The third-order valence-electron chi connectivity index (χ3n) is 2.38. The molecule has 0 atom stereocenters. The molecule has 2 aromatic rings. The minimum absolute atomic E-state index is 0.00205. The maximum absolute atomic E-state index is 13.0. The standard InChI is InChI=1S/C13H10BrFN2O2/c14-8-1-3-10(17-6-8)7-19-13(18)11-5-9(15)2-4-12(11)16/h1-6H,7,16H2. The van der Waals surface area contributed by atoms with Crippen LogP contribution in [0.3, 0.4) is 0 Å². The van der Waals surface area contributed by atoms with Crippen LogP contribution in [-0.2, 0) is 11.3 Å². The van der Waals surface area contributed by atoms with Crippen LogP contribution in [0, 0.1) is 5.82 Å². The zero-order valence-electron chi connectivity index (χ0n) is 9.77. The number of halogens is 2. The molecule has 0 amide bonds. The van der Waals surface area contributed by atoms with Crippen LogP contribution in [0.2, 0.25) is 0 Å². The molecule has 6 heteroatoms. The second-order valence-corrected chi connectivity index (χ2v) is 4.69. The average Bonchev–Trinajstić information content (AvgIpc) is 2.40. The maximum Gasteiger partial charge on any atom is 0.340 e. The van der Waals surface area contributed by atoms with Crippen LogP contribution in [0.5, 0.6) is 0 Å². The molecule has 0 spiro atoms. The molecule has 0 saturated carbocycles. The van der Waals surface area contributed by atoms with E-state index in [1.165, 1.54) is 12.1 Å². The van der Waals surface area contributed by atoms with Crippen LogP contribution in [0.1, 0.15) is 16.1 Å². The normalized spacial score (nSPS) is 10.2. The molecule has 0 radical (unpaired) electrons. The lowest BCUT2D eigenvalue weighted by molar-refractivity contribution is 0.0468. The summed E-state index contributed by atoms with van der Waals surface area (Å²) in [5, 5.41) is 0. The maximum atomic E-state index is 13.0. The molecule has 98 valence electrons. The molecule has 0 bridgehead atoms. The van der Waals surface area contributed by atoms with Crippen molar-refractivity contribution in [3.05, 3.63) is 58.1 Å². The molecule has 2 N–H and O–H groups in total. The minimum atomic E-state index is -0.679. The molecule has 19 heavy (non-hydrogen) atoms. The Morgan fingerprint density at radius 3 is 2.84 bits per heavy atom. The van der Waals surface area contributed by atoms with Crippen molar-refractivity contribution in [2.24, 2.45) is 0 Å². The number of esters is 1. The van der Waals surface area contributed by atoms with E-state index in [0.717, 1.165) is 10.5 Å². The second-order valence-electron chi connectivity index (χ2n) is 3.78. The number of aromatic nitrogens is 1. The monoisotopic (exact) mass is 324 g/mol. The van der Waals surface area contributed by atoms with E-state index in [4.69, 9.17) is 10.5 Å². The highest BCUT2D eigenvalue weighted by Gasteiger charge is 2.12. The molecule has 0 aliphatic heterocycles. The van der Waals surface area contributed by atoms with Crippen LogP contribution >= 0.6 is 15.9 Å². The van der Waals surface area contributed by atoms with Gasteiger partial charge < -0.3 is 10.5 Å². The van der Waals surface area contributed by atoms with Gasteiger partial charge in [0.25, 0.3) is 0 Å². The van der Waals surface area contributed by atoms with Crippen LogP contribution < -0.4 is 5.73 Å². The first-order valence-electron chi connectivity index (χ1n) is 5.39. The average molecular weight is 325 g/mol. The predicted octanol–water partition coefficient (Wildman–Crippen LogP) is 2.92. The molecule has 2 rings (SSSR count). The van der Waals surface area contributed by atoms with E-state index in [-0.39, 0.29) is 17.9 Å². The van der Waals surface area contributed by atoms with Gasteiger partial charge in [-0.2, -0.15) is 0 Å². The molecule has 0 fully saturated rings. The van der Waals surface area contributed by atoms with Gasteiger partial charge >= 0.3 is 5.97 Å². The van der Waals surface area contributed by atoms with E-state index in [1.807, 2.05) is 0 Å². The fraction of sp³-hybridized carbons (Fsp3) is 0.0769. The zero-order chi connectivity index (χ0) is 13.8. The van der Waals surface area contributed by atoms with Crippen molar-refractivity contribution in [2.45, 2.75) is 6.61 Å². The van der Waals surface area contributed by atoms with Gasteiger partial charge in [-0.15, -0.1) is 0 Å². The Morgan fingerprint density at radius 2 is 2.16 bits per heavy atom. The number of benzene rings is 1.